The number of hydrogen-bond donors (Lipinski definition) is 1. The Bertz CT molecular complexity index is 550. The molecule has 0 aromatic heterocycles. The fourth-order valence-corrected chi connectivity index (χ4v) is 3.57. The highest BCUT2D eigenvalue weighted by Crippen LogP contribution is 2.31. The average Bonchev–Trinajstić information content (AvgIpc) is 2.95. The van der Waals surface area contributed by atoms with Gasteiger partial charge in [-0.1, -0.05) is 31.4 Å². The Balaban J connectivity index is 1.66. The van der Waals surface area contributed by atoms with Crippen molar-refractivity contribution in [3.8, 4) is 0 Å². The molecule has 1 heterocycles. The van der Waals surface area contributed by atoms with Crippen molar-refractivity contribution < 1.29 is 9.59 Å². The van der Waals surface area contributed by atoms with Crippen molar-refractivity contribution in [2.45, 2.75) is 51.4 Å². The third-order valence-electron chi connectivity index (χ3n) is 4.74. The van der Waals surface area contributed by atoms with Crippen LogP contribution in [0.1, 0.15) is 51.4 Å². The maximum atomic E-state index is 12.3. The van der Waals surface area contributed by atoms with Crippen molar-refractivity contribution in [3.05, 3.63) is 24.3 Å². The number of carbonyl (C=O) groups is 2. The summed E-state index contributed by atoms with van der Waals surface area (Å²) >= 11 is 0. The standard InChI is InChI=1S/C18H24N2O2/c21-17(13-14-7-2-1-3-8-14)19-15-9-4-5-10-16(15)20-12-6-11-18(20)22/h4-5,9-10,14H,1-3,6-8,11-13H2,(H,19,21). The average molecular weight is 300 g/mol. The molecule has 0 unspecified atom stereocenters. The Hall–Kier alpha value is -1.84. The smallest absolute Gasteiger partial charge is 0.227 e. The molecule has 0 atom stereocenters. The van der Waals surface area contributed by atoms with Gasteiger partial charge < -0.3 is 10.2 Å². The van der Waals surface area contributed by atoms with E-state index in [1.807, 2.05) is 24.3 Å². The van der Waals surface area contributed by atoms with E-state index in [0.717, 1.165) is 24.3 Å². The minimum absolute atomic E-state index is 0.0750. The summed E-state index contributed by atoms with van der Waals surface area (Å²) in [5.74, 6) is 0.745. The fraction of sp³-hybridized carbons (Fsp3) is 0.556. The molecule has 1 aromatic rings. The van der Waals surface area contributed by atoms with Crippen LogP contribution in [0.2, 0.25) is 0 Å². The first kappa shape index (κ1) is 15.1. The predicted molar refractivity (Wildman–Crippen MR) is 87.9 cm³/mol. The summed E-state index contributed by atoms with van der Waals surface area (Å²) < 4.78 is 0. The molecular formula is C18H24N2O2. The van der Waals surface area contributed by atoms with Gasteiger partial charge in [-0.05, 0) is 37.3 Å². The lowest BCUT2D eigenvalue weighted by atomic mass is 9.87. The molecule has 2 fully saturated rings. The lowest BCUT2D eigenvalue weighted by molar-refractivity contribution is -0.118. The van der Waals surface area contributed by atoms with Crippen LogP contribution in [-0.4, -0.2) is 18.4 Å². The second kappa shape index (κ2) is 6.95. The van der Waals surface area contributed by atoms with Crippen molar-refractivity contribution >= 4 is 23.2 Å². The normalized spacial score (nSPS) is 19.5. The highest BCUT2D eigenvalue weighted by Gasteiger charge is 2.24. The molecule has 1 aliphatic heterocycles. The second-order valence-electron chi connectivity index (χ2n) is 6.42. The third kappa shape index (κ3) is 3.49. The van der Waals surface area contributed by atoms with E-state index < -0.39 is 0 Å². The lowest BCUT2D eigenvalue weighted by Gasteiger charge is -2.22. The third-order valence-corrected chi connectivity index (χ3v) is 4.74. The Morgan fingerprint density at radius 2 is 1.91 bits per heavy atom. The van der Waals surface area contributed by atoms with E-state index in [1.165, 1.54) is 32.1 Å². The van der Waals surface area contributed by atoms with Crippen LogP contribution in [-0.2, 0) is 9.59 Å². The summed E-state index contributed by atoms with van der Waals surface area (Å²) in [5.41, 5.74) is 1.60. The van der Waals surface area contributed by atoms with Crippen LogP contribution >= 0.6 is 0 Å². The van der Waals surface area contributed by atoms with Crippen LogP contribution in [0.3, 0.4) is 0 Å². The largest absolute Gasteiger partial charge is 0.324 e. The summed E-state index contributed by atoms with van der Waals surface area (Å²) in [6.07, 6.45) is 8.22. The van der Waals surface area contributed by atoms with Crippen LogP contribution in [0.25, 0.3) is 0 Å². The number of carbonyl (C=O) groups excluding carboxylic acids is 2. The van der Waals surface area contributed by atoms with Crippen LogP contribution in [0.15, 0.2) is 24.3 Å². The molecule has 22 heavy (non-hydrogen) atoms. The van der Waals surface area contributed by atoms with Gasteiger partial charge in [-0.3, -0.25) is 9.59 Å². The molecule has 1 N–H and O–H groups in total. The number of rotatable bonds is 4. The van der Waals surface area contributed by atoms with Crippen molar-refractivity contribution in [1.82, 2.24) is 0 Å². The Morgan fingerprint density at radius 1 is 1.14 bits per heavy atom. The molecule has 0 bridgehead atoms. The number of para-hydroxylation sites is 2. The lowest BCUT2D eigenvalue weighted by Crippen LogP contribution is -2.26. The van der Waals surface area contributed by atoms with E-state index in [1.54, 1.807) is 4.90 Å². The molecular weight excluding hydrogens is 276 g/mol. The van der Waals surface area contributed by atoms with Crippen LogP contribution in [0.5, 0.6) is 0 Å². The Kier molecular flexibility index (Phi) is 4.76. The number of nitrogens with one attached hydrogen (secondary N) is 1. The summed E-state index contributed by atoms with van der Waals surface area (Å²) in [4.78, 5) is 26.0. The number of anilines is 2. The van der Waals surface area contributed by atoms with Crippen molar-refractivity contribution in [3.63, 3.8) is 0 Å². The molecule has 1 aliphatic carbocycles. The van der Waals surface area contributed by atoms with E-state index in [9.17, 15) is 9.59 Å². The first-order valence-corrected chi connectivity index (χ1v) is 8.43. The van der Waals surface area contributed by atoms with Gasteiger partial charge in [-0.15, -0.1) is 0 Å². The summed E-state index contributed by atoms with van der Waals surface area (Å²) in [7, 11) is 0. The zero-order valence-electron chi connectivity index (χ0n) is 13.0. The Morgan fingerprint density at radius 3 is 2.64 bits per heavy atom. The van der Waals surface area contributed by atoms with E-state index in [4.69, 9.17) is 0 Å². The molecule has 0 radical (unpaired) electrons. The minimum atomic E-state index is 0.0750. The summed E-state index contributed by atoms with van der Waals surface area (Å²) in [6, 6.07) is 7.62. The molecule has 0 spiro atoms. The van der Waals surface area contributed by atoms with Crippen molar-refractivity contribution in [2.75, 3.05) is 16.8 Å². The quantitative estimate of drug-likeness (QED) is 0.921. The Labute approximate surface area is 131 Å². The second-order valence-corrected chi connectivity index (χ2v) is 6.42. The molecule has 118 valence electrons. The van der Waals surface area contributed by atoms with Crippen LogP contribution in [0.4, 0.5) is 11.4 Å². The van der Waals surface area contributed by atoms with Gasteiger partial charge in [0, 0.05) is 19.4 Å². The van der Waals surface area contributed by atoms with E-state index in [0.29, 0.717) is 18.8 Å². The van der Waals surface area contributed by atoms with Gasteiger partial charge in [0.2, 0.25) is 11.8 Å². The molecule has 3 rings (SSSR count). The van der Waals surface area contributed by atoms with Crippen molar-refractivity contribution in [2.24, 2.45) is 5.92 Å². The van der Waals surface area contributed by atoms with Gasteiger partial charge in [0.1, 0.15) is 0 Å². The first-order chi connectivity index (χ1) is 10.7. The number of hydrogen-bond acceptors (Lipinski definition) is 2. The van der Waals surface area contributed by atoms with Crippen molar-refractivity contribution in [1.29, 1.82) is 0 Å². The van der Waals surface area contributed by atoms with Crippen LogP contribution < -0.4 is 10.2 Å². The molecule has 1 saturated carbocycles. The van der Waals surface area contributed by atoms with E-state index in [-0.39, 0.29) is 11.8 Å². The van der Waals surface area contributed by atoms with Gasteiger partial charge >= 0.3 is 0 Å². The molecule has 2 aliphatic rings. The van der Waals surface area contributed by atoms with Gasteiger partial charge in [-0.25, -0.2) is 0 Å². The predicted octanol–water partition coefficient (Wildman–Crippen LogP) is 3.72. The molecule has 4 heteroatoms. The molecule has 4 nitrogen and oxygen atoms in total. The van der Waals surface area contributed by atoms with Gasteiger partial charge in [0.25, 0.3) is 0 Å². The number of benzene rings is 1. The highest BCUT2D eigenvalue weighted by atomic mass is 16.2. The maximum Gasteiger partial charge on any atom is 0.227 e. The molecule has 2 amide bonds. The zero-order chi connectivity index (χ0) is 15.4. The molecule has 1 saturated heterocycles. The zero-order valence-corrected chi connectivity index (χ0v) is 13.0. The number of nitrogens with zero attached hydrogens (tertiary/aromatic N) is 1. The number of amides is 2. The van der Waals surface area contributed by atoms with Gasteiger partial charge in [0.05, 0.1) is 11.4 Å². The molecule has 1 aromatic carbocycles. The van der Waals surface area contributed by atoms with Gasteiger partial charge in [-0.2, -0.15) is 0 Å². The summed E-state index contributed by atoms with van der Waals surface area (Å²) in [5, 5.41) is 3.02. The highest BCUT2D eigenvalue weighted by molar-refractivity contribution is 6.02. The topological polar surface area (TPSA) is 49.4 Å². The van der Waals surface area contributed by atoms with Crippen LogP contribution in [0, 0.1) is 5.92 Å². The maximum absolute atomic E-state index is 12.3. The van der Waals surface area contributed by atoms with Gasteiger partial charge in [0.15, 0.2) is 0 Å². The first-order valence-electron chi connectivity index (χ1n) is 8.43. The fourth-order valence-electron chi connectivity index (χ4n) is 3.57. The SMILES string of the molecule is O=C(CC1CCCCC1)Nc1ccccc1N1CCCC1=O. The summed E-state index contributed by atoms with van der Waals surface area (Å²) in [6.45, 7) is 0.744. The minimum Gasteiger partial charge on any atom is -0.324 e. The monoisotopic (exact) mass is 300 g/mol. The van der Waals surface area contributed by atoms with E-state index >= 15 is 0 Å². The van der Waals surface area contributed by atoms with E-state index in [2.05, 4.69) is 5.32 Å².